The molecule has 5 heteroatoms. The average molecular weight is 263 g/mol. The van der Waals surface area contributed by atoms with Crippen LogP contribution in [0.3, 0.4) is 0 Å². The lowest BCUT2D eigenvalue weighted by Crippen LogP contribution is -2.48. The summed E-state index contributed by atoms with van der Waals surface area (Å²) < 4.78 is 0. The maximum Gasteiger partial charge on any atom is 0.255 e. The van der Waals surface area contributed by atoms with Gasteiger partial charge in [-0.15, -0.1) is 0 Å². The van der Waals surface area contributed by atoms with Crippen LogP contribution in [-0.4, -0.2) is 65.1 Å². The summed E-state index contributed by atoms with van der Waals surface area (Å²) in [4.78, 5) is 20.4. The number of rotatable bonds is 5. The second-order valence-corrected chi connectivity index (χ2v) is 4.81. The molecule has 2 rings (SSSR count). The van der Waals surface area contributed by atoms with Crippen LogP contribution in [0, 0.1) is 0 Å². The van der Waals surface area contributed by atoms with E-state index >= 15 is 0 Å². The number of aliphatic hydroxyl groups excluding tert-OH is 1. The number of hydrogen-bond acceptors (Lipinski definition) is 4. The molecule has 0 aromatic carbocycles. The van der Waals surface area contributed by atoms with Crippen LogP contribution in [0.25, 0.3) is 0 Å². The van der Waals surface area contributed by atoms with Crippen molar-refractivity contribution < 1.29 is 9.90 Å². The zero-order valence-electron chi connectivity index (χ0n) is 11.2. The molecule has 1 N–H and O–H groups in total. The van der Waals surface area contributed by atoms with Crippen molar-refractivity contribution in [2.45, 2.75) is 12.8 Å². The van der Waals surface area contributed by atoms with E-state index in [9.17, 15) is 4.79 Å². The van der Waals surface area contributed by atoms with Gasteiger partial charge in [-0.25, -0.2) is 0 Å². The van der Waals surface area contributed by atoms with Crippen LogP contribution in [0.5, 0.6) is 0 Å². The van der Waals surface area contributed by atoms with Gasteiger partial charge in [-0.2, -0.15) is 0 Å². The van der Waals surface area contributed by atoms with E-state index in [1.54, 1.807) is 18.5 Å². The molecule has 104 valence electrons. The molecule has 0 aliphatic carbocycles. The second kappa shape index (κ2) is 7.21. The first kappa shape index (κ1) is 14.0. The molecule has 0 radical (unpaired) electrons. The molecule has 1 fully saturated rings. The number of piperazine rings is 1. The van der Waals surface area contributed by atoms with E-state index in [-0.39, 0.29) is 12.5 Å². The molecule has 0 saturated carbocycles. The number of unbranched alkanes of at least 4 members (excludes halogenated alkanes) is 1. The lowest BCUT2D eigenvalue weighted by Gasteiger charge is -2.34. The van der Waals surface area contributed by atoms with Gasteiger partial charge >= 0.3 is 0 Å². The molecule has 5 nitrogen and oxygen atoms in total. The molecular weight excluding hydrogens is 242 g/mol. The third-order valence-electron chi connectivity index (χ3n) is 3.45. The van der Waals surface area contributed by atoms with E-state index in [2.05, 4.69) is 9.88 Å². The van der Waals surface area contributed by atoms with Gasteiger partial charge in [-0.1, -0.05) is 0 Å². The Kier molecular flexibility index (Phi) is 5.30. The lowest BCUT2D eigenvalue weighted by atomic mass is 10.2. The maximum atomic E-state index is 12.2. The van der Waals surface area contributed by atoms with Gasteiger partial charge < -0.3 is 10.0 Å². The zero-order chi connectivity index (χ0) is 13.5. The molecule has 0 unspecified atom stereocenters. The minimum Gasteiger partial charge on any atom is -0.396 e. The predicted molar refractivity (Wildman–Crippen MR) is 72.9 cm³/mol. The van der Waals surface area contributed by atoms with Crippen LogP contribution in [0.1, 0.15) is 23.2 Å². The molecule has 1 amide bonds. The van der Waals surface area contributed by atoms with E-state index in [0.717, 1.165) is 45.6 Å². The molecule has 1 aliphatic heterocycles. The summed E-state index contributed by atoms with van der Waals surface area (Å²) in [7, 11) is 0. The van der Waals surface area contributed by atoms with E-state index in [1.807, 2.05) is 11.0 Å². The predicted octanol–water partition coefficient (Wildman–Crippen LogP) is 0.612. The van der Waals surface area contributed by atoms with E-state index < -0.39 is 0 Å². The molecule has 1 aromatic heterocycles. The van der Waals surface area contributed by atoms with Crippen molar-refractivity contribution in [1.82, 2.24) is 14.8 Å². The fourth-order valence-corrected chi connectivity index (χ4v) is 2.29. The quantitative estimate of drug-likeness (QED) is 0.791. The van der Waals surface area contributed by atoms with Gasteiger partial charge in [0.05, 0.1) is 5.56 Å². The van der Waals surface area contributed by atoms with Crippen molar-refractivity contribution in [2.75, 3.05) is 39.3 Å². The van der Waals surface area contributed by atoms with Crippen LogP contribution in [0.2, 0.25) is 0 Å². The molecule has 0 atom stereocenters. The van der Waals surface area contributed by atoms with Gasteiger partial charge in [0.1, 0.15) is 0 Å². The van der Waals surface area contributed by atoms with Crippen molar-refractivity contribution >= 4 is 5.91 Å². The number of nitrogens with zero attached hydrogens (tertiary/aromatic N) is 3. The maximum absolute atomic E-state index is 12.2. The topological polar surface area (TPSA) is 56.7 Å². The van der Waals surface area contributed by atoms with Crippen LogP contribution in [-0.2, 0) is 0 Å². The van der Waals surface area contributed by atoms with Crippen LogP contribution >= 0.6 is 0 Å². The first-order valence-corrected chi connectivity index (χ1v) is 6.84. The summed E-state index contributed by atoms with van der Waals surface area (Å²) in [5.74, 6) is 0.0723. The highest BCUT2D eigenvalue weighted by atomic mass is 16.2. The Balaban J connectivity index is 1.78. The standard InChI is InChI=1S/C14H21N3O2/c18-11-2-1-6-16-7-9-17(10-8-16)14(19)13-4-3-5-15-12-13/h3-5,12,18H,1-2,6-11H2. The summed E-state index contributed by atoms with van der Waals surface area (Å²) in [6.07, 6.45) is 5.17. The third kappa shape index (κ3) is 4.01. The Labute approximate surface area is 113 Å². The van der Waals surface area contributed by atoms with Gasteiger partial charge in [-0.3, -0.25) is 14.7 Å². The van der Waals surface area contributed by atoms with E-state index in [4.69, 9.17) is 5.11 Å². The minimum absolute atomic E-state index is 0.0723. The van der Waals surface area contributed by atoms with Crippen molar-refractivity contribution in [3.8, 4) is 0 Å². The number of aliphatic hydroxyl groups is 1. The highest BCUT2D eigenvalue weighted by Crippen LogP contribution is 2.08. The highest BCUT2D eigenvalue weighted by Gasteiger charge is 2.21. The number of carbonyl (C=O) groups excluding carboxylic acids is 1. The van der Waals surface area contributed by atoms with Crippen LogP contribution in [0.15, 0.2) is 24.5 Å². The smallest absolute Gasteiger partial charge is 0.255 e. The number of hydrogen-bond donors (Lipinski definition) is 1. The number of aromatic nitrogens is 1. The monoisotopic (exact) mass is 263 g/mol. The highest BCUT2D eigenvalue weighted by molar-refractivity contribution is 5.93. The Morgan fingerprint density at radius 1 is 1.26 bits per heavy atom. The van der Waals surface area contributed by atoms with Crippen molar-refractivity contribution in [3.05, 3.63) is 30.1 Å². The summed E-state index contributed by atoms with van der Waals surface area (Å²) in [6.45, 7) is 4.64. The molecule has 2 heterocycles. The average Bonchev–Trinajstić information content (AvgIpc) is 2.48. The Bertz CT molecular complexity index is 389. The summed E-state index contributed by atoms with van der Waals surface area (Å²) in [5.41, 5.74) is 0.663. The summed E-state index contributed by atoms with van der Waals surface area (Å²) >= 11 is 0. The summed E-state index contributed by atoms with van der Waals surface area (Å²) in [6, 6.07) is 3.60. The summed E-state index contributed by atoms with van der Waals surface area (Å²) in [5, 5.41) is 8.76. The lowest BCUT2D eigenvalue weighted by molar-refractivity contribution is 0.0633. The fourth-order valence-electron chi connectivity index (χ4n) is 2.29. The third-order valence-corrected chi connectivity index (χ3v) is 3.45. The number of pyridine rings is 1. The van der Waals surface area contributed by atoms with Crippen molar-refractivity contribution in [2.24, 2.45) is 0 Å². The number of amides is 1. The Morgan fingerprint density at radius 3 is 2.68 bits per heavy atom. The van der Waals surface area contributed by atoms with Crippen LogP contribution in [0.4, 0.5) is 0 Å². The molecule has 0 bridgehead atoms. The molecule has 1 aromatic rings. The van der Waals surface area contributed by atoms with Crippen molar-refractivity contribution in [3.63, 3.8) is 0 Å². The van der Waals surface area contributed by atoms with E-state index in [0.29, 0.717) is 5.56 Å². The van der Waals surface area contributed by atoms with Gasteiger partial charge in [0, 0.05) is 45.2 Å². The number of carbonyl (C=O) groups is 1. The SMILES string of the molecule is O=C(c1cccnc1)N1CCN(CCCCO)CC1. The van der Waals surface area contributed by atoms with Gasteiger partial charge in [0.2, 0.25) is 0 Å². The normalized spacial score (nSPS) is 16.6. The van der Waals surface area contributed by atoms with Gasteiger partial charge in [0.25, 0.3) is 5.91 Å². The molecule has 1 saturated heterocycles. The first-order chi connectivity index (χ1) is 9.31. The Morgan fingerprint density at radius 2 is 2.05 bits per heavy atom. The zero-order valence-corrected chi connectivity index (χ0v) is 11.2. The molecular formula is C14H21N3O2. The minimum atomic E-state index is 0.0723. The molecule has 19 heavy (non-hydrogen) atoms. The molecule has 1 aliphatic rings. The molecule has 0 spiro atoms. The van der Waals surface area contributed by atoms with Crippen molar-refractivity contribution in [1.29, 1.82) is 0 Å². The largest absolute Gasteiger partial charge is 0.396 e. The van der Waals surface area contributed by atoms with Crippen LogP contribution < -0.4 is 0 Å². The fraction of sp³-hybridized carbons (Fsp3) is 0.571. The first-order valence-electron chi connectivity index (χ1n) is 6.84. The second-order valence-electron chi connectivity index (χ2n) is 4.81. The Hall–Kier alpha value is -1.46. The van der Waals surface area contributed by atoms with Gasteiger partial charge in [-0.05, 0) is 31.5 Å². The van der Waals surface area contributed by atoms with Gasteiger partial charge in [0.15, 0.2) is 0 Å². The van der Waals surface area contributed by atoms with E-state index in [1.165, 1.54) is 0 Å².